The van der Waals surface area contributed by atoms with E-state index in [4.69, 9.17) is 4.74 Å². The summed E-state index contributed by atoms with van der Waals surface area (Å²) in [6.07, 6.45) is 1.25. The molecule has 3 rings (SSSR count). The van der Waals surface area contributed by atoms with Gasteiger partial charge in [0.1, 0.15) is 11.6 Å². The lowest BCUT2D eigenvalue weighted by atomic mass is 9.88. The van der Waals surface area contributed by atoms with Gasteiger partial charge < -0.3 is 9.84 Å². The fourth-order valence-corrected chi connectivity index (χ4v) is 2.67. The number of ether oxygens (including phenoxy) is 1. The van der Waals surface area contributed by atoms with E-state index in [0.29, 0.717) is 13.0 Å². The predicted molar refractivity (Wildman–Crippen MR) is 75.3 cm³/mol. The second kappa shape index (κ2) is 4.91. The molecule has 0 saturated heterocycles. The van der Waals surface area contributed by atoms with E-state index in [1.807, 2.05) is 24.3 Å². The Labute approximate surface area is 117 Å². The highest BCUT2D eigenvalue weighted by Gasteiger charge is 2.25. The lowest BCUT2D eigenvalue weighted by molar-refractivity contribution is 0.0575. The number of aliphatic hydroxyl groups is 1. The maximum absolute atomic E-state index is 13.2. The summed E-state index contributed by atoms with van der Waals surface area (Å²) >= 11 is 0. The first-order valence-electron chi connectivity index (χ1n) is 6.78. The highest BCUT2D eigenvalue weighted by molar-refractivity contribution is 5.42. The minimum Gasteiger partial charge on any atom is -0.493 e. The van der Waals surface area contributed by atoms with Crippen LogP contribution in [0, 0.1) is 5.82 Å². The Kier molecular flexibility index (Phi) is 3.22. The van der Waals surface area contributed by atoms with E-state index in [2.05, 4.69) is 0 Å². The fourth-order valence-electron chi connectivity index (χ4n) is 2.67. The van der Waals surface area contributed by atoms with E-state index in [1.165, 1.54) is 12.1 Å². The van der Waals surface area contributed by atoms with Crippen molar-refractivity contribution in [2.45, 2.75) is 25.4 Å². The van der Waals surface area contributed by atoms with Crippen LogP contribution in [-0.4, -0.2) is 11.7 Å². The van der Waals surface area contributed by atoms with Gasteiger partial charge in [-0.05, 0) is 47.9 Å². The standard InChI is InChI=1S/C17H17FO2/c1-17(19,11-12-3-2-4-15(18)9-12)14-5-6-16-13(10-14)7-8-20-16/h2-6,9-10,19H,7-8,11H2,1H3. The first-order chi connectivity index (χ1) is 9.54. The number of halogens is 1. The first-order valence-corrected chi connectivity index (χ1v) is 6.78. The highest BCUT2D eigenvalue weighted by Crippen LogP contribution is 2.32. The monoisotopic (exact) mass is 272 g/mol. The molecule has 3 heteroatoms. The third kappa shape index (κ3) is 2.54. The van der Waals surface area contributed by atoms with E-state index in [-0.39, 0.29) is 5.82 Å². The molecule has 0 aromatic heterocycles. The van der Waals surface area contributed by atoms with Crippen LogP contribution in [0.2, 0.25) is 0 Å². The molecule has 0 radical (unpaired) electrons. The smallest absolute Gasteiger partial charge is 0.123 e. The number of benzene rings is 2. The predicted octanol–water partition coefficient (Wildman–Crippen LogP) is 3.21. The molecule has 2 aromatic rings. The van der Waals surface area contributed by atoms with Crippen LogP contribution in [0.3, 0.4) is 0 Å². The quantitative estimate of drug-likeness (QED) is 0.929. The average molecular weight is 272 g/mol. The lowest BCUT2D eigenvalue weighted by Crippen LogP contribution is -2.24. The molecule has 1 atom stereocenters. The Hall–Kier alpha value is -1.87. The van der Waals surface area contributed by atoms with Gasteiger partial charge in [0, 0.05) is 12.8 Å². The Bertz CT molecular complexity index is 635. The third-order valence-corrected chi connectivity index (χ3v) is 3.75. The average Bonchev–Trinajstić information content (AvgIpc) is 2.85. The zero-order valence-corrected chi connectivity index (χ0v) is 11.4. The Morgan fingerprint density at radius 2 is 2.10 bits per heavy atom. The SMILES string of the molecule is CC(O)(Cc1cccc(F)c1)c1ccc2c(c1)CCO2. The van der Waals surface area contributed by atoms with Crippen LogP contribution in [0.4, 0.5) is 4.39 Å². The van der Waals surface area contributed by atoms with Crippen molar-refractivity contribution < 1.29 is 14.2 Å². The van der Waals surface area contributed by atoms with Gasteiger partial charge in [-0.2, -0.15) is 0 Å². The summed E-state index contributed by atoms with van der Waals surface area (Å²) in [5.41, 5.74) is 1.73. The van der Waals surface area contributed by atoms with Crippen LogP contribution >= 0.6 is 0 Å². The van der Waals surface area contributed by atoms with E-state index in [1.54, 1.807) is 13.0 Å². The van der Waals surface area contributed by atoms with Gasteiger partial charge in [0.25, 0.3) is 0 Å². The molecule has 0 aliphatic carbocycles. The lowest BCUT2D eigenvalue weighted by Gasteiger charge is -2.24. The summed E-state index contributed by atoms with van der Waals surface area (Å²) in [6, 6.07) is 12.1. The molecule has 0 amide bonds. The minimum absolute atomic E-state index is 0.277. The van der Waals surface area contributed by atoms with Crippen molar-refractivity contribution in [3.8, 4) is 5.75 Å². The second-order valence-corrected chi connectivity index (χ2v) is 5.50. The maximum Gasteiger partial charge on any atom is 0.123 e. The topological polar surface area (TPSA) is 29.5 Å². The molecule has 1 aliphatic heterocycles. The number of hydrogen-bond donors (Lipinski definition) is 1. The van der Waals surface area contributed by atoms with Crippen LogP contribution in [0.1, 0.15) is 23.6 Å². The molecule has 2 aromatic carbocycles. The van der Waals surface area contributed by atoms with Crippen LogP contribution < -0.4 is 4.74 Å². The van der Waals surface area contributed by atoms with Gasteiger partial charge in [-0.1, -0.05) is 18.2 Å². The largest absolute Gasteiger partial charge is 0.493 e. The van der Waals surface area contributed by atoms with Gasteiger partial charge in [0.2, 0.25) is 0 Å². The maximum atomic E-state index is 13.2. The van der Waals surface area contributed by atoms with E-state index >= 15 is 0 Å². The van der Waals surface area contributed by atoms with E-state index in [0.717, 1.165) is 28.9 Å². The fraction of sp³-hybridized carbons (Fsp3) is 0.294. The molecular formula is C17H17FO2. The number of rotatable bonds is 3. The second-order valence-electron chi connectivity index (χ2n) is 5.50. The zero-order chi connectivity index (χ0) is 14.2. The van der Waals surface area contributed by atoms with Crippen LogP contribution in [-0.2, 0) is 18.4 Å². The van der Waals surface area contributed by atoms with Gasteiger partial charge in [0.05, 0.1) is 12.2 Å². The van der Waals surface area contributed by atoms with Gasteiger partial charge >= 0.3 is 0 Å². The Balaban J connectivity index is 1.87. The molecular weight excluding hydrogens is 255 g/mol. The number of hydrogen-bond acceptors (Lipinski definition) is 2. The third-order valence-electron chi connectivity index (χ3n) is 3.75. The summed E-state index contributed by atoms with van der Waals surface area (Å²) < 4.78 is 18.7. The van der Waals surface area contributed by atoms with Gasteiger partial charge in [-0.3, -0.25) is 0 Å². The number of fused-ring (bicyclic) bond motifs is 1. The van der Waals surface area contributed by atoms with E-state index < -0.39 is 5.60 Å². The van der Waals surface area contributed by atoms with Crippen molar-refractivity contribution in [1.29, 1.82) is 0 Å². The molecule has 0 bridgehead atoms. The summed E-state index contributed by atoms with van der Waals surface area (Å²) in [7, 11) is 0. The normalized spacial score (nSPS) is 16.4. The molecule has 0 spiro atoms. The molecule has 20 heavy (non-hydrogen) atoms. The molecule has 0 fully saturated rings. The van der Waals surface area contributed by atoms with Crippen LogP contribution in [0.15, 0.2) is 42.5 Å². The Morgan fingerprint density at radius 1 is 1.25 bits per heavy atom. The summed E-state index contributed by atoms with van der Waals surface area (Å²) in [4.78, 5) is 0. The highest BCUT2D eigenvalue weighted by atomic mass is 19.1. The molecule has 2 nitrogen and oxygen atoms in total. The molecule has 1 heterocycles. The molecule has 1 N–H and O–H groups in total. The van der Waals surface area contributed by atoms with Crippen molar-refractivity contribution in [3.05, 3.63) is 65.0 Å². The van der Waals surface area contributed by atoms with E-state index in [9.17, 15) is 9.50 Å². The van der Waals surface area contributed by atoms with Gasteiger partial charge in [0.15, 0.2) is 0 Å². The van der Waals surface area contributed by atoms with Crippen molar-refractivity contribution in [2.24, 2.45) is 0 Å². The van der Waals surface area contributed by atoms with Crippen molar-refractivity contribution in [3.63, 3.8) is 0 Å². The van der Waals surface area contributed by atoms with Crippen LogP contribution in [0.5, 0.6) is 5.75 Å². The zero-order valence-electron chi connectivity index (χ0n) is 11.4. The minimum atomic E-state index is -1.02. The van der Waals surface area contributed by atoms with Crippen molar-refractivity contribution >= 4 is 0 Å². The summed E-state index contributed by atoms with van der Waals surface area (Å²) in [5, 5.41) is 10.7. The van der Waals surface area contributed by atoms with Gasteiger partial charge in [-0.15, -0.1) is 0 Å². The summed E-state index contributed by atoms with van der Waals surface area (Å²) in [5.74, 6) is 0.621. The van der Waals surface area contributed by atoms with Crippen LogP contribution in [0.25, 0.3) is 0 Å². The summed E-state index contributed by atoms with van der Waals surface area (Å²) in [6.45, 7) is 2.46. The molecule has 1 unspecified atom stereocenters. The molecule has 104 valence electrons. The van der Waals surface area contributed by atoms with Gasteiger partial charge in [-0.25, -0.2) is 4.39 Å². The van der Waals surface area contributed by atoms with Crippen molar-refractivity contribution in [2.75, 3.05) is 6.61 Å². The van der Waals surface area contributed by atoms with Crippen molar-refractivity contribution in [1.82, 2.24) is 0 Å². The molecule has 0 saturated carbocycles. The first kappa shape index (κ1) is 13.1. The Morgan fingerprint density at radius 3 is 2.90 bits per heavy atom. The molecule has 1 aliphatic rings.